The summed E-state index contributed by atoms with van der Waals surface area (Å²) in [5.74, 6) is -0.161. The van der Waals surface area contributed by atoms with E-state index in [1.807, 2.05) is 31.2 Å². The number of methoxy groups -OCH3 is 1. The first-order chi connectivity index (χ1) is 13.9. The van der Waals surface area contributed by atoms with Gasteiger partial charge in [-0.05, 0) is 25.1 Å². The molecular weight excluding hydrogens is 370 g/mol. The second kappa shape index (κ2) is 6.92. The van der Waals surface area contributed by atoms with Gasteiger partial charge in [0.15, 0.2) is 0 Å². The third kappa shape index (κ3) is 2.68. The molecule has 29 heavy (non-hydrogen) atoms. The highest BCUT2D eigenvalue weighted by molar-refractivity contribution is 6.16. The van der Waals surface area contributed by atoms with Crippen molar-refractivity contribution >= 4 is 23.4 Å². The molecule has 2 aliphatic heterocycles. The zero-order chi connectivity index (χ0) is 20.8. The maximum Gasteiger partial charge on any atom is 0.267 e. The Morgan fingerprint density at radius 3 is 2.59 bits per heavy atom. The van der Waals surface area contributed by atoms with E-state index in [0.29, 0.717) is 17.0 Å². The fraction of sp³-hybridized carbons (Fsp3) is 0.318. The Hall–Kier alpha value is -3.35. The Morgan fingerprint density at radius 2 is 1.83 bits per heavy atom. The molecule has 1 fully saturated rings. The molecule has 0 radical (unpaired) electrons. The lowest BCUT2D eigenvalue weighted by Gasteiger charge is -2.47. The molecule has 2 aliphatic rings. The number of likely N-dealkylation sites (N-methyl/N-ethyl adjacent to an activating group) is 1. The van der Waals surface area contributed by atoms with Crippen LogP contribution in [0.5, 0.6) is 5.75 Å². The molecule has 0 saturated carbocycles. The first-order valence-corrected chi connectivity index (χ1v) is 9.56. The van der Waals surface area contributed by atoms with Crippen molar-refractivity contribution in [1.82, 2.24) is 10.2 Å². The van der Waals surface area contributed by atoms with Crippen LogP contribution in [0.4, 0.5) is 5.69 Å². The number of benzene rings is 2. The van der Waals surface area contributed by atoms with Gasteiger partial charge in [0.1, 0.15) is 5.75 Å². The summed E-state index contributed by atoms with van der Waals surface area (Å²) in [7, 11) is 3.16. The predicted octanol–water partition coefficient (Wildman–Crippen LogP) is 2.48. The number of ether oxygens (including phenoxy) is 1. The van der Waals surface area contributed by atoms with E-state index in [1.165, 1.54) is 9.80 Å². The van der Waals surface area contributed by atoms with Crippen molar-refractivity contribution < 1.29 is 19.1 Å². The monoisotopic (exact) mass is 393 g/mol. The normalized spacial score (nSPS) is 21.5. The molecule has 2 aromatic carbocycles. The molecular formula is C22H23N3O4. The van der Waals surface area contributed by atoms with Gasteiger partial charge in [-0.1, -0.05) is 30.3 Å². The highest BCUT2D eigenvalue weighted by Gasteiger charge is 2.59. The van der Waals surface area contributed by atoms with Crippen LogP contribution in [-0.2, 0) is 9.59 Å². The summed E-state index contributed by atoms with van der Waals surface area (Å²) in [5.41, 5.74) is 0.351. The average Bonchev–Trinajstić information content (AvgIpc) is 3.10. The van der Waals surface area contributed by atoms with Gasteiger partial charge in [0.25, 0.3) is 11.8 Å². The fourth-order valence-corrected chi connectivity index (χ4v) is 4.34. The van der Waals surface area contributed by atoms with E-state index in [1.54, 1.807) is 38.4 Å². The molecule has 2 atom stereocenters. The second-order valence-electron chi connectivity index (χ2n) is 7.36. The summed E-state index contributed by atoms with van der Waals surface area (Å²) in [6.07, 6.45) is 0.440. The summed E-state index contributed by atoms with van der Waals surface area (Å²) in [6.45, 7) is 1.85. The zero-order valence-electron chi connectivity index (χ0n) is 16.6. The first-order valence-electron chi connectivity index (χ1n) is 9.56. The Labute approximate surface area is 169 Å². The molecule has 0 unspecified atom stereocenters. The number of para-hydroxylation sites is 2. The standard InChI is InChI=1S/C22H23N3O4/c1-14(15-8-5-7-11-18(15)29-3)23-21(28)22-13-12-19(26)25(22)17-10-6-4-9-16(17)20(27)24(22)2/h4-11,14H,12-13H2,1-3H3,(H,23,28)/t14-,22-/m0/s1. The number of fused-ring (bicyclic) bond motifs is 3. The zero-order valence-corrected chi connectivity index (χ0v) is 16.6. The highest BCUT2D eigenvalue weighted by Crippen LogP contribution is 2.44. The molecule has 7 nitrogen and oxygen atoms in total. The number of hydrogen-bond acceptors (Lipinski definition) is 4. The van der Waals surface area contributed by atoms with Crippen molar-refractivity contribution in [2.24, 2.45) is 0 Å². The summed E-state index contributed by atoms with van der Waals surface area (Å²) in [4.78, 5) is 42.2. The minimum absolute atomic E-state index is 0.170. The van der Waals surface area contributed by atoms with Crippen molar-refractivity contribution in [3.05, 3.63) is 59.7 Å². The molecule has 7 heteroatoms. The van der Waals surface area contributed by atoms with Crippen LogP contribution in [0.15, 0.2) is 48.5 Å². The summed E-state index contributed by atoms with van der Waals surface area (Å²) >= 11 is 0. The van der Waals surface area contributed by atoms with E-state index in [-0.39, 0.29) is 36.6 Å². The summed E-state index contributed by atoms with van der Waals surface area (Å²) in [5, 5.41) is 3.00. The van der Waals surface area contributed by atoms with Crippen molar-refractivity contribution in [2.45, 2.75) is 31.5 Å². The van der Waals surface area contributed by atoms with E-state index in [0.717, 1.165) is 5.56 Å². The number of nitrogens with one attached hydrogen (secondary N) is 1. The van der Waals surface area contributed by atoms with Crippen LogP contribution in [0.3, 0.4) is 0 Å². The first kappa shape index (κ1) is 19.0. The van der Waals surface area contributed by atoms with Gasteiger partial charge in [-0.3, -0.25) is 19.3 Å². The quantitative estimate of drug-likeness (QED) is 0.866. The molecule has 2 aromatic rings. The Balaban J connectivity index is 1.73. The van der Waals surface area contributed by atoms with Gasteiger partial charge < -0.3 is 15.0 Å². The molecule has 150 valence electrons. The molecule has 0 spiro atoms. The SMILES string of the molecule is COc1ccccc1[C@H](C)NC(=O)[C@]12CCC(=O)N1c1ccccc1C(=O)N2C. The smallest absolute Gasteiger partial charge is 0.267 e. The van der Waals surface area contributed by atoms with Crippen molar-refractivity contribution in [2.75, 3.05) is 19.1 Å². The lowest BCUT2D eigenvalue weighted by atomic mass is 9.95. The lowest BCUT2D eigenvalue weighted by molar-refractivity contribution is -0.133. The van der Waals surface area contributed by atoms with Crippen LogP contribution in [0.1, 0.15) is 41.7 Å². The maximum absolute atomic E-state index is 13.6. The summed E-state index contributed by atoms with van der Waals surface area (Å²) in [6, 6.07) is 14.0. The molecule has 0 aliphatic carbocycles. The van der Waals surface area contributed by atoms with Crippen LogP contribution < -0.4 is 15.0 Å². The minimum Gasteiger partial charge on any atom is -0.496 e. The molecule has 3 amide bonds. The van der Waals surface area contributed by atoms with Gasteiger partial charge in [-0.15, -0.1) is 0 Å². The fourth-order valence-electron chi connectivity index (χ4n) is 4.34. The third-order valence-electron chi connectivity index (χ3n) is 5.86. The number of amides is 3. The van der Waals surface area contributed by atoms with Gasteiger partial charge in [0, 0.05) is 25.5 Å². The van der Waals surface area contributed by atoms with Crippen molar-refractivity contribution in [1.29, 1.82) is 0 Å². The van der Waals surface area contributed by atoms with Crippen LogP contribution in [0.2, 0.25) is 0 Å². The van der Waals surface area contributed by atoms with Gasteiger partial charge in [-0.25, -0.2) is 0 Å². The lowest BCUT2D eigenvalue weighted by Crippen LogP contribution is -2.69. The molecule has 1 N–H and O–H groups in total. The second-order valence-corrected chi connectivity index (χ2v) is 7.36. The Bertz CT molecular complexity index is 1010. The minimum atomic E-state index is -1.38. The van der Waals surface area contributed by atoms with Crippen LogP contribution in [0.25, 0.3) is 0 Å². The average molecular weight is 393 g/mol. The number of anilines is 1. The number of carbonyl (C=O) groups excluding carboxylic acids is 3. The van der Waals surface area contributed by atoms with E-state index < -0.39 is 5.66 Å². The van der Waals surface area contributed by atoms with E-state index in [2.05, 4.69) is 5.32 Å². The van der Waals surface area contributed by atoms with Crippen LogP contribution in [0, 0.1) is 0 Å². The van der Waals surface area contributed by atoms with Gasteiger partial charge in [0.05, 0.1) is 24.4 Å². The van der Waals surface area contributed by atoms with Crippen molar-refractivity contribution in [3.8, 4) is 5.75 Å². The highest BCUT2D eigenvalue weighted by atomic mass is 16.5. The van der Waals surface area contributed by atoms with Gasteiger partial charge >= 0.3 is 0 Å². The Kier molecular flexibility index (Phi) is 4.53. The molecule has 0 bridgehead atoms. The molecule has 4 rings (SSSR count). The van der Waals surface area contributed by atoms with E-state index >= 15 is 0 Å². The van der Waals surface area contributed by atoms with Crippen LogP contribution in [-0.4, -0.2) is 42.4 Å². The molecule has 1 saturated heterocycles. The van der Waals surface area contributed by atoms with Gasteiger partial charge in [-0.2, -0.15) is 0 Å². The number of hydrogen-bond donors (Lipinski definition) is 1. The molecule has 0 aromatic heterocycles. The third-order valence-corrected chi connectivity index (χ3v) is 5.86. The Morgan fingerprint density at radius 1 is 1.14 bits per heavy atom. The maximum atomic E-state index is 13.6. The van der Waals surface area contributed by atoms with E-state index in [4.69, 9.17) is 4.74 Å². The number of rotatable bonds is 4. The van der Waals surface area contributed by atoms with E-state index in [9.17, 15) is 14.4 Å². The van der Waals surface area contributed by atoms with Crippen LogP contribution >= 0.6 is 0 Å². The summed E-state index contributed by atoms with van der Waals surface area (Å²) < 4.78 is 5.40. The number of nitrogens with zero attached hydrogens (tertiary/aromatic N) is 2. The molecule has 2 heterocycles. The largest absolute Gasteiger partial charge is 0.496 e. The van der Waals surface area contributed by atoms with Crippen molar-refractivity contribution in [3.63, 3.8) is 0 Å². The number of carbonyl (C=O) groups is 3. The topological polar surface area (TPSA) is 79.0 Å². The van der Waals surface area contributed by atoms with Gasteiger partial charge in [0.2, 0.25) is 11.6 Å². The predicted molar refractivity (Wildman–Crippen MR) is 108 cm³/mol.